The van der Waals surface area contributed by atoms with E-state index in [9.17, 15) is 9.59 Å². The van der Waals surface area contributed by atoms with E-state index in [1.54, 1.807) is 4.90 Å². The highest BCUT2D eigenvalue weighted by Crippen LogP contribution is 2.17. The van der Waals surface area contributed by atoms with Crippen LogP contribution in [0.2, 0.25) is 0 Å². The third kappa shape index (κ3) is 5.93. The Morgan fingerprint density at radius 1 is 1.22 bits per heavy atom. The summed E-state index contributed by atoms with van der Waals surface area (Å²) >= 11 is 0. The Morgan fingerprint density at radius 3 is 2.57 bits per heavy atom. The smallest absolute Gasteiger partial charge is 0.410 e. The molecule has 1 atom stereocenters. The van der Waals surface area contributed by atoms with Gasteiger partial charge in [0.25, 0.3) is 0 Å². The molecule has 126 valence electrons. The van der Waals surface area contributed by atoms with Crippen molar-refractivity contribution < 1.29 is 19.1 Å². The van der Waals surface area contributed by atoms with Gasteiger partial charge in [-0.3, -0.25) is 4.79 Å². The first-order chi connectivity index (χ1) is 10.8. The molecule has 1 aliphatic rings. The molecule has 1 aliphatic heterocycles. The Balaban J connectivity index is 1.84. The Hall–Kier alpha value is -2.04. The van der Waals surface area contributed by atoms with E-state index in [1.165, 1.54) is 0 Å². The van der Waals surface area contributed by atoms with Gasteiger partial charge in [0.05, 0.1) is 13.0 Å². The van der Waals surface area contributed by atoms with Gasteiger partial charge in [0.2, 0.25) is 0 Å². The zero-order chi connectivity index (χ0) is 16.9. The first kappa shape index (κ1) is 17.3. The zero-order valence-corrected chi connectivity index (χ0v) is 14.1. The first-order valence-electron chi connectivity index (χ1n) is 8.05. The average Bonchev–Trinajstić information content (AvgIpc) is 2.46. The molecule has 2 rings (SSSR count). The Kier molecular flexibility index (Phi) is 5.64. The third-order valence-electron chi connectivity index (χ3n) is 3.52. The van der Waals surface area contributed by atoms with Gasteiger partial charge in [-0.1, -0.05) is 30.3 Å². The lowest BCUT2D eigenvalue weighted by Gasteiger charge is -2.33. The van der Waals surface area contributed by atoms with Crippen molar-refractivity contribution in [2.45, 2.75) is 51.7 Å². The molecule has 0 saturated carbocycles. The molecular weight excluding hydrogens is 294 g/mol. The van der Waals surface area contributed by atoms with Gasteiger partial charge in [-0.25, -0.2) is 4.79 Å². The van der Waals surface area contributed by atoms with Crippen LogP contribution in [0.3, 0.4) is 0 Å². The normalized spacial score (nSPS) is 18.4. The molecule has 0 N–H and O–H groups in total. The molecule has 0 radical (unpaired) electrons. The number of rotatable bonds is 3. The SMILES string of the molecule is CC(C)(C)OC(=O)N1CCCC(OC(=O)Cc2ccccc2)C1. The van der Waals surface area contributed by atoms with Crippen LogP contribution in [0.15, 0.2) is 30.3 Å². The fourth-order valence-corrected chi connectivity index (χ4v) is 2.52. The molecule has 5 nitrogen and oxygen atoms in total. The third-order valence-corrected chi connectivity index (χ3v) is 3.52. The van der Waals surface area contributed by atoms with Gasteiger partial charge in [-0.2, -0.15) is 0 Å². The quantitative estimate of drug-likeness (QED) is 0.803. The second-order valence-electron chi connectivity index (χ2n) is 6.84. The summed E-state index contributed by atoms with van der Waals surface area (Å²) in [5.41, 5.74) is 0.408. The Morgan fingerprint density at radius 2 is 1.91 bits per heavy atom. The van der Waals surface area contributed by atoms with Crippen molar-refractivity contribution in [1.82, 2.24) is 4.90 Å². The van der Waals surface area contributed by atoms with Gasteiger partial charge in [-0.15, -0.1) is 0 Å². The van der Waals surface area contributed by atoms with E-state index < -0.39 is 5.60 Å². The number of hydrogen-bond acceptors (Lipinski definition) is 4. The predicted molar refractivity (Wildman–Crippen MR) is 87.1 cm³/mol. The number of carbonyl (C=O) groups is 2. The molecule has 5 heteroatoms. The number of hydrogen-bond donors (Lipinski definition) is 0. The van der Waals surface area contributed by atoms with Crippen molar-refractivity contribution in [1.29, 1.82) is 0 Å². The average molecular weight is 319 g/mol. The number of esters is 1. The Bertz CT molecular complexity index is 536. The molecule has 1 heterocycles. The number of piperidine rings is 1. The van der Waals surface area contributed by atoms with Crippen LogP contribution in [-0.2, 0) is 20.7 Å². The van der Waals surface area contributed by atoms with Crippen LogP contribution in [0.1, 0.15) is 39.2 Å². The topological polar surface area (TPSA) is 55.8 Å². The molecule has 0 aliphatic carbocycles. The maximum atomic E-state index is 12.1. The van der Waals surface area contributed by atoms with Gasteiger partial charge in [-0.05, 0) is 39.2 Å². The monoisotopic (exact) mass is 319 g/mol. The summed E-state index contributed by atoms with van der Waals surface area (Å²) in [4.78, 5) is 25.7. The molecule has 1 aromatic rings. The number of ether oxygens (including phenoxy) is 2. The van der Waals surface area contributed by atoms with Gasteiger partial charge >= 0.3 is 12.1 Å². The van der Waals surface area contributed by atoms with E-state index in [0.29, 0.717) is 13.1 Å². The molecule has 23 heavy (non-hydrogen) atoms. The fourth-order valence-electron chi connectivity index (χ4n) is 2.52. The minimum Gasteiger partial charge on any atom is -0.460 e. The van der Waals surface area contributed by atoms with E-state index in [2.05, 4.69) is 0 Å². The molecule has 1 unspecified atom stereocenters. The van der Waals surface area contributed by atoms with Crippen molar-refractivity contribution in [2.24, 2.45) is 0 Å². The number of nitrogens with zero attached hydrogens (tertiary/aromatic N) is 1. The van der Waals surface area contributed by atoms with Crippen molar-refractivity contribution in [3.05, 3.63) is 35.9 Å². The number of amides is 1. The number of carbonyl (C=O) groups excluding carboxylic acids is 2. The van der Waals surface area contributed by atoms with E-state index >= 15 is 0 Å². The van der Waals surface area contributed by atoms with Crippen LogP contribution in [0.4, 0.5) is 4.79 Å². The molecule has 0 spiro atoms. The van der Waals surface area contributed by atoms with E-state index in [1.807, 2.05) is 51.1 Å². The van der Waals surface area contributed by atoms with Crippen molar-refractivity contribution >= 4 is 12.1 Å². The molecule has 1 saturated heterocycles. The minimum atomic E-state index is -0.520. The Labute approximate surface area is 137 Å². The molecule has 1 amide bonds. The predicted octanol–water partition coefficient (Wildman–Crippen LogP) is 3.17. The number of likely N-dealkylation sites (tertiary alicyclic amines) is 1. The maximum Gasteiger partial charge on any atom is 0.410 e. The van der Waals surface area contributed by atoms with Crippen molar-refractivity contribution in [3.63, 3.8) is 0 Å². The zero-order valence-electron chi connectivity index (χ0n) is 14.1. The van der Waals surface area contributed by atoms with E-state index in [0.717, 1.165) is 18.4 Å². The van der Waals surface area contributed by atoms with Crippen LogP contribution in [-0.4, -0.2) is 41.8 Å². The molecule has 1 fully saturated rings. The second-order valence-corrected chi connectivity index (χ2v) is 6.84. The van der Waals surface area contributed by atoms with E-state index in [-0.39, 0.29) is 24.6 Å². The summed E-state index contributed by atoms with van der Waals surface area (Å²) < 4.78 is 10.9. The lowest BCUT2D eigenvalue weighted by molar-refractivity contribution is -0.150. The van der Waals surface area contributed by atoms with Crippen LogP contribution in [0.5, 0.6) is 0 Å². The molecule has 0 aromatic heterocycles. The largest absolute Gasteiger partial charge is 0.460 e. The first-order valence-corrected chi connectivity index (χ1v) is 8.05. The molecule has 0 bridgehead atoms. The van der Waals surface area contributed by atoms with Gasteiger partial charge in [0.15, 0.2) is 0 Å². The van der Waals surface area contributed by atoms with Crippen LogP contribution in [0.25, 0.3) is 0 Å². The lowest BCUT2D eigenvalue weighted by atomic mass is 10.1. The number of benzene rings is 1. The van der Waals surface area contributed by atoms with Crippen LogP contribution >= 0.6 is 0 Å². The van der Waals surface area contributed by atoms with Gasteiger partial charge < -0.3 is 14.4 Å². The summed E-state index contributed by atoms with van der Waals surface area (Å²) in [5.74, 6) is -0.257. The maximum absolute atomic E-state index is 12.1. The summed E-state index contributed by atoms with van der Waals surface area (Å²) in [6, 6.07) is 9.50. The molecule has 1 aromatic carbocycles. The highest BCUT2D eigenvalue weighted by Gasteiger charge is 2.29. The van der Waals surface area contributed by atoms with E-state index in [4.69, 9.17) is 9.47 Å². The van der Waals surface area contributed by atoms with Gasteiger partial charge in [0, 0.05) is 6.54 Å². The fraction of sp³-hybridized carbons (Fsp3) is 0.556. The van der Waals surface area contributed by atoms with Crippen LogP contribution < -0.4 is 0 Å². The van der Waals surface area contributed by atoms with Crippen molar-refractivity contribution in [3.8, 4) is 0 Å². The molecular formula is C18H25NO4. The highest BCUT2D eigenvalue weighted by atomic mass is 16.6. The lowest BCUT2D eigenvalue weighted by Crippen LogP contribution is -2.46. The minimum absolute atomic E-state index is 0.254. The highest BCUT2D eigenvalue weighted by molar-refractivity contribution is 5.73. The summed E-state index contributed by atoms with van der Waals surface area (Å²) in [7, 11) is 0. The van der Waals surface area contributed by atoms with Crippen LogP contribution in [0, 0.1) is 0 Å². The summed E-state index contributed by atoms with van der Waals surface area (Å²) in [6.45, 7) is 6.56. The standard InChI is InChI=1S/C18H25NO4/c1-18(2,3)23-17(21)19-11-7-10-15(13-19)22-16(20)12-14-8-5-4-6-9-14/h4-6,8-9,15H,7,10-13H2,1-3H3. The van der Waals surface area contributed by atoms with Gasteiger partial charge in [0.1, 0.15) is 11.7 Å². The second kappa shape index (κ2) is 7.49. The van der Waals surface area contributed by atoms with Crippen molar-refractivity contribution in [2.75, 3.05) is 13.1 Å². The summed E-state index contributed by atoms with van der Waals surface area (Å²) in [6.07, 6.45) is 1.24. The summed E-state index contributed by atoms with van der Waals surface area (Å²) in [5, 5.41) is 0.